The molecule has 1 rings (SSSR count). The van der Waals surface area contributed by atoms with Crippen LogP contribution >= 0.6 is 11.3 Å². The van der Waals surface area contributed by atoms with Crippen LogP contribution in [0.5, 0.6) is 0 Å². The van der Waals surface area contributed by atoms with E-state index in [1.807, 2.05) is 26.2 Å². The summed E-state index contributed by atoms with van der Waals surface area (Å²) in [5, 5.41) is 5.93. The molecular weight excluding hydrogens is 326 g/mol. The van der Waals surface area contributed by atoms with Gasteiger partial charge in [0.2, 0.25) is 0 Å². The molecule has 1 heterocycles. The molecule has 0 radical (unpaired) electrons. The van der Waals surface area contributed by atoms with Gasteiger partial charge in [0.05, 0.1) is 17.8 Å². The lowest BCUT2D eigenvalue weighted by atomic mass is 10.1. The minimum absolute atomic E-state index is 0.0350. The Morgan fingerprint density at radius 1 is 1.33 bits per heavy atom. The van der Waals surface area contributed by atoms with E-state index in [2.05, 4.69) is 24.1 Å². The van der Waals surface area contributed by atoms with Crippen LogP contribution in [0.15, 0.2) is 5.38 Å². The van der Waals surface area contributed by atoms with Gasteiger partial charge in [0.15, 0.2) is 0 Å². The number of likely N-dealkylation sites (N-methyl/N-ethyl adjacent to an activating group) is 1. The van der Waals surface area contributed by atoms with Crippen molar-refractivity contribution in [1.29, 1.82) is 0 Å². The molecule has 0 saturated carbocycles. The van der Waals surface area contributed by atoms with E-state index >= 15 is 0 Å². The Morgan fingerprint density at radius 3 is 2.46 bits per heavy atom. The fourth-order valence-electron chi connectivity index (χ4n) is 2.20. The summed E-state index contributed by atoms with van der Waals surface area (Å²) < 4.78 is 4.76. The second-order valence-electron chi connectivity index (χ2n) is 6.36. The highest BCUT2D eigenvalue weighted by atomic mass is 32.1. The van der Waals surface area contributed by atoms with Crippen LogP contribution in [0, 0.1) is 5.92 Å². The molecule has 1 aromatic rings. The number of nitrogens with zero attached hydrogens (tertiary/aromatic N) is 2. The number of hydrogen-bond donors (Lipinski definition) is 1. The summed E-state index contributed by atoms with van der Waals surface area (Å²) in [6.07, 6.45) is 0.703. The molecule has 24 heavy (non-hydrogen) atoms. The third-order valence-corrected chi connectivity index (χ3v) is 4.97. The highest BCUT2D eigenvalue weighted by molar-refractivity contribution is 7.09. The van der Waals surface area contributed by atoms with Crippen LogP contribution in [0.2, 0.25) is 0 Å². The largest absolute Gasteiger partial charge is 0.467 e. The minimum atomic E-state index is -0.636. The molecule has 0 unspecified atom stereocenters. The first-order valence-electron chi connectivity index (χ1n) is 8.37. The maximum Gasteiger partial charge on any atom is 0.328 e. The summed E-state index contributed by atoms with van der Waals surface area (Å²) in [5.74, 6) is -0.0380. The van der Waals surface area contributed by atoms with Gasteiger partial charge in [0, 0.05) is 30.8 Å². The molecule has 0 spiro atoms. The van der Waals surface area contributed by atoms with Gasteiger partial charge in [-0.2, -0.15) is 0 Å². The van der Waals surface area contributed by atoms with Crippen molar-refractivity contribution in [2.75, 3.05) is 20.2 Å². The van der Waals surface area contributed by atoms with Gasteiger partial charge in [-0.05, 0) is 12.8 Å². The summed E-state index contributed by atoms with van der Waals surface area (Å²) in [4.78, 5) is 30.5. The zero-order chi connectivity index (χ0) is 18.3. The quantitative estimate of drug-likeness (QED) is 0.728. The van der Waals surface area contributed by atoms with Gasteiger partial charge in [-0.25, -0.2) is 14.6 Å². The van der Waals surface area contributed by atoms with Gasteiger partial charge in [-0.3, -0.25) is 0 Å². The number of nitrogens with one attached hydrogen (secondary N) is 1. The lowest BCUT2D eigenvalue weighted by Crippen LogP contribution is -2.50. The van der Waals surface area contributed by atoms with Crippen LogP contribution in [0.4, 0.5) is 4.79 Å². The topological polar surface area (TPSA) is 71.5 Å². The number of carbonyl (C=O) groups is 2. The molecular formula is C17H29N3O3S. The fraction of sp³-hybridized carbons (Fsp3) is 0.706. The molecule has 0 fully saturated rings. The number of esters is 1. The Labute approximate surface area is 148 Å². The highest BCUT2D eigenvalue weighted by Gasteiger charge is 2.26. The van der Waals surface area contributed by atoms with Gasteiger partial charge in [0.1, 0.15) is 6.04 Å². The molecule has 1 N–H and O–H groups in total. The Bertz CT molecular complexity index is 543. The first-order chi connectivity index (χ1) is 11.3. The molecule has 6 nitrogen and oxygen atoms in total. The first-order valence-corrected chi connectivity index (χ1v) is 9.25. The van der Waals surface area contributed by atoms with Crippen molar-refractivity contribution in [2.24, 2.45) is 5.92 Å². The van der Waals surface area contributed by atoms with Crippen LogP contribution in [0.25, 0.3) is 0 Å². The summed E-state index contributed by atoms with van der Waals surface area (Å²) in [6, 6.07) is -0.885. The Morgan fingerprint density at radius 2 is 2.00 bits per heavy atom. The Balaban J connectivity index is 2.63. The van der Waals surface area contributed by atoms with Crippen molar-refractivity contribution >= 4 is 23.3 Å². The minimum Gasteiger partial charge on any atom is -0.467 e. The van der Waals surface area contributed by atoms with E-state index in [9.17, 15) is 9.59 Å². The zero-order valence-electron chi connectivity index (χ0n) is 15.5. The second kappa shape index (κ2) is 9.61. The van der Waals surface area contributed by atoms with Gasteiger partial charge in [0.25, 0.3) is 0 Å². The van der Waals surface area contributed by atoms with Crippen molar-refractivity contribution in [3.05, 3.63) is 16.1 Å². The van der Waals surface area contributed by atoms with Crippen molar-refractivity contribution in [3.63, 3.8) is 0 Å². The van der Waals surface area contributed by atoms with Crippen LogP contribution in [0.3, 0.4) is 0 Å². The summed E-state index contributed by atoms with van der Waals surface area (Å²) >= 11 is 1.66. The smallest absolute Gasteiger partial charge is 0.328 e. The van der Waals surface area contributed by atoms with Gasteiger partial charge >= 0.3 is 12.0 Å². The van der Waals surface area contributed by atoms with Crippen molar-refractivity contribution < 1.29 is 14.3 Å². The van der Waals surface area contributed by atoms with Crippen LogP contribution < -0.4 is 5.32 Å². The van der Waals surface area contributed by atoms with E-state index in [0.717, 1.165) is 10.7 Å². The number of aromatic nitrogens is 1. The molecule has 2 amide bonds. The molecule has 7 heteroatoms. The third-order valence-electron chi connectivity index (χ3n) is 3.77. The van der Waals surface area contributed by atoms with Crippen LogP contribution in [-0.4, -0.2) is 48.1 Å². The average molecular weight is 356 g/mol. The van der Waals surface area contributed by atoms with Gasteiger partial charge < -0.3 is 15.0 Å². The SMILES string of the molecule is CCN(CCc1csc(C(C)C)n1)C(=O)N[C@H](C(=O)OC)C(C)C. The second-order valence-corrected chi connectivity index (χ2v) is 7.25. The summed E-state index contributed by atoms with van der Waals surface area (Å²) in [6.45, 7) is 11.0. The predicted octanol–water partition coefficient (Wildman–Crippen LogP) is 3.04. The van der Waals surface area contributed by atoms with E-state index in [1.165, 1.54) is 7.11 Å². The van der Waals surface area contributed by atoms with Crippen LogP contribution in [-0.2, 0) is 16.0 Å². The monoisotopic (exact) mass is 355 g/mol. The van der Waals surface area contributed by atoms with Crippen molar-refractivity contribution in [2.45, 2.75) is 53.0 Å². The maximum absolute atomic E-state index is 12.4. The van der Waals surface area contributed by atoms with E-state index in [1.54, 1.807) is 16.2 Å². The molecule has 0 aromatic carbocycles. The molecule has 0 bridgehead atoms. The Kier molecular flexibility index (Phi) is 8.18. The zero-order valence-corrected chi connectivity index (χ0v) is 16.3. The molecule has 0 aliphatic rings. The number of thiazole rings is 1. The highest BCUT2D eigenvalue weighted by Crippen LogP contribution is 2.19. The van der Waals surface area contributed by atoms with E-state index < -0.39 is 12.0 Å². The summed E-state index contributed by atoms with van der Waals surface area (Å²) in [7, 11) is 1.33. The molecule has 136 valence electrons. The van der Waals surface area contributed by atoms with E-state index in [-0.39, 0.29) is 11.9 Å². The Hall–Kier alpha value is -1.63. The van der Waals surface area contributed by atoms with Crippen molar-refractivity contribution in [1.82, 2.24) is 15.2 Å². The number of carbonyl (C=O) groups excluding carboxylic acids is 2. The number of methoxy groups -OCH3 is 1. The standard InChI is InChI=1S/C17H29N3O3S/c1-7-20(9-8-13-10-24-15(18-13)12(4)5)17(22)19-14(11(2)3)16(21)23-6/h10-12,14H,7-9H2,1-6H3,(H,19,22)/t14-/m0/s1. The molecule has 1 aromatic heterocycles. The lowest BCUT2D eigenvalue weighted by molar-refractivity contribution is -0.144. The van der Waals surface area contributed by atoms with E-state index in [4.69, 9.17) is 4.74 Å². The molecule has 0 aliphatic heterocycles. The number of amides is 2. The maximum atomic E-state index is 12.4. The summed E-state index contributed by atoms with van der Waals surface area (Å²) in [5.41, 5.74) is 1.00. The van der Waals surface area contributed by atoms with Crippen LogP contribution in [0.1, 0.15) is 51.2 Å². The normalized spacial score (nSPS) is 12.3. The molecule has 1 atom stereocenters. The predicted molar refractivity (Wildman–Crippen MR) is 96.3 cm³/mol. The third kappa shape index (κ3) is 5.78. The average Bonchev–Trinajstić information content (AvgIpc) is 3.01. The molecule has 0 aliphatic carbocycles. The fourth-order valence-corrected chi connectivity index (χ4v) is 3.07. The molecule has 0 saturated heterocycles. The van der Waals surface area contributed by atoms with E-state index in [0.29, 0.717) is 25.4 Å². The number of hydrogen-bond acceptors (Lipinski definition) is 5. The lowest BCUT2D eigenvalue weighted by Gasteiger charge is -2.26. The van der Waals surface area contributed by atoms with Gasteiger partial charge in [-0.1, -0.05) is 27.7 Å². The number of rotatable bonds is 8. The number of ether oxygens (including phenoxy) is 1. The number of urea groups is 1. The van der Waals surface area contributed by atoms with Gasteiger partial charge in [-0.15, -0.1) is 11.3 Å². The first kappa shape index (κ1) is 20.4. The van der Waals surface area contributed by atoms with Crippen molar-refractivity contribution in [3.8, 4) is 0 Å².